The number of hydrogen-bond acceptors (Lipinski definition) is 6. The first kappa shape index (κ1) is 25.9. The van der Waals surface area contributed by atoms with Crippen molar-refractivity contribution in [1.82, 2.24) is 24.6 Å². The quantitative estimate of drug-likeness (QED) is 0.284. The van der Waals surface area contributed by atoms with Crippen molar-refractivity contribution in [2.45, 2.75) is 70.4 Å². The Hall–Kier alpha value is -3.33. The van der Waals surface area contributed by atoms with E-state index in [9.17, 15) is 8.78 Å². The molecule has 1 N–H and O–H groups in total. The van der Waals surface area contributed by atoms with Gasteiger partial charge in [0, 0.05) is 50.6 Å². The van der Waals surface area contributed by atoms with E-state index < -0.39 is 5.92 Å². The number of imidazole rings is 1. The van der Waals surface area contributed by atoms with Crippen LogP contribution in [0.15, 0.2) is 53.1 Å². The molecule has 6 rings (SSSR count). The highest BCUT2D eigenvalue weighted by molar-refractivity contribution is 5.78. The summed E-state index contributed by atoms with van der Waals surface area (Å²) in [5.41, 5.74) is 4.27. The number of piperidine rings is 1. The Morgan fingerprint density at radius 3 is 2.44 bits per heavy atom. The lowest BCUT2D eigenvalue weighted by Crippen LogP contribution is -2.40. The number of para-hydroxylation sites is 2. The monoisotopic (exact) mass is 534 g/mol. The normalized spacial score (nSPS) is 19.1. The minimum absolute atomic E-state index is 0.00592. The molecule has 206 valence electrons. The van der Waals surface area contributed by atoms with Crippen LogP contribution in [0.4, 0.5) is 14.7 Å². The van der Waals surface area contributed by atoms with Gasteiger partial charge in [0.1, 0.15) is 0 Å². The molecule has 9 heteroatoms. The van der Waals surface area contributed by atoms with Crippen molar-refractivity contribution < 1.29 is 13.3 Å². The summed E-state index contributed by atoms with van der Waals surface area (Å²) in [5.74, 6) is -0.165. The second-order valence-electron chi connectivity index (χ2n) is 11.2. The number of benzene rings is 2. The number of aryl methyl sites for hydroxylation is 1. The lowest BCUT2D eigenvalue weighted by atomic mass is 9.86. The molecule has 2 aromatic heterocycles. The zero-order valence-corrected chi connectivity index (χ0v) is 22.5. The molecular weight excluding hydrogens is 498 g/mol. The number of aromatic nitrogens is 4. The van der Waals surface area contributed by atoms with Crippen LogP contribution in [-0.2, 0) is 13.0 Å². The second-order valence-corrected chi connectivity index (χ2v) is 11.2. The van der Waals surface area contributed by atoms with E-state index in [1.54, 1.807) is 0 Å². The molecule has 0 bridgehead atoms. The van der Waals surface area contributed by atoms with E-state index in [4.69, 9.17) is 9.51 Å². The Kier molecular flexibility index (Phi) is 7.34. The summed E-state index contributed by atoms with van der Waals surface area (Å²) >= 11 is 0. The van der Waals surface area contributed by atoms with Crippen LogP contribution in [-0.4, -0.2) is 56.2 Å². The van der Waals surface area contributed by atoms with E-state index in [-0.39, 0.29) is 18.8 Å². The van der Waals surface area contributed by atoms with Crippen LogP contribution in [0.25, 0.3) is 22.5 Å². The van der Waals surface area contributed by atoms with Crippen molar-refractivity contribution in [3.63, 3.8) is 0 Å². The summed E-state index contributed by atoms with van der Waals surface area (Å²) in [6, 6.07) is 16.9. The third-order valence-corrected chi connectivity index (χ3v) is 8.30. The van der Waals surface area contributed by atoms with E-state index >= 15 is 0 Å². The maximum Gasteiger partial charge on any atom is 0.257 e. The molecule has 39 heavy (non-hydrogen) atoms. The Morgan fingerprint density at radius 2 is 1.72 bits per heavy atom. The lowest BCUT2D eigenvalue weighted by Gasteiger charge is -2.33. The van der Waals surface area contributed by atoms with Gasteiger partial charge in [0.2, 0.25) is 11.9 Å². The summed E-state index contributed by atoms with van der Waals surface area (Å²) in [5, 5.41) is 7.58. The van der Waals surface area contributed by atoms with Crippen molar-refractivity contribution in [2.24, 2.45) is 5.92 Å². The van der Waals surface area contributed by atoms with Gasteiger partial charge in [0.25, 0.3) is 5.89 Å². The van der Waals surface area contributed by atoms with Crippen molar-refractivity contribution >= 4 is 17.0 Å². The molecule has 3 heterocycles. The van der Waals surface area contributed by atoms with Gasteiger partial charge in [-0.2, -0.15) is 4.98 Å². The van der Waals surface area contributed by atoms with Gasteiger partial charge in [0.15, 0.2) is 5.82 Å². The average Bonchev–Trinajstić information content (AvgIpc) is 3.53. The van der Waals surface area contributed by atoms with Crippen LogP contribution in [0.3, 0.4) is 0 Å². The maximum absolute atomic E-state index is 13.7. The molecule has 2 aromatic carbocycles. The van der Waals surface area contributed by atoms with Gasteiger partial charge in [-0.1, -0.05) is 29.4 Å². The Balaban J connectivity index is 1.03. The van der Waals surface area contributed by atoms with Crippen LogP contribution in [0.5, 0.6) is 0 Å². The standard InChI is InChI=1S/C30H36F2N6O/c1-21-33-28(39-36-21)24-8-6-22(7-9-24)12-17-37-18-13-25(14-19-37)34-29-35-26-4-2-3-5-27(26)38(29)20-23-10-15-30(31,32)16-11-23/h2-9,23,25H,10-20H2,1H3,(H,34,35). The third-order valence-electron chi connectivity index (χ3n) is 8.30. The zero-order valence-electron chi connectivity index (χ0n) is 22.5. The minimum atomic E-state index is -2.50. The van der Waals surface area contributed by atoms with E-state index in [2.05, 4.69) is 43.1 Å². The first-order valence-electron chi connectivity index (χ1n) is 14.1. The molecule has 0 radical (unpaired) electrons. The van der Waals surface area contributed by atoms with Gasteiger partial charge in [0.05, 0.1) is 11.0 Å². The molecule has 1 aliphatic heterocycles. The van der Waals surface area contributed by atoms with Crippen LogP contribution in [0, 0.1) is 12.8 Å². The number of alkyl halides is 2. The first-order chi connectivity index (χ1) is 18.9. The molecule has 0 amide bonds. The van der Waals surface area contributed by atoms with E-state index in [1.807, 2.05) is 37.3 Å². The highest BCUT2D eigenvalue weighted by Gasteiger charge is 2.35. The summed E-state index contributed by atoms with van der Waals surface area (Å²) < 4.78 is 34.9. The zero-order chi connectivity index (χ0) is 26.8. The molecule has 4 aromatic rings. The number of halogens is 2. The number of anilines is 1. The van der Waals surface area contributed by atoms with Gasteiger partial charge in [-0.25, -0.2) is 13.8 Å². The number of nitrogens with zero attached hydrogens (tertiary/aromatic N) is 5. The summed E-state index contributed by atoms with van der Waals surface area (Å²) in [7, 11) is 0. The fourth-order valence-corrected chi connectivity index (χ4v) is 5.91. The van der Waals surface area contributed by atoms with Gasteiger partial charge in [-0.3, -0.25) is 0 Å². The van der Waals surface area contributed by atoms with E-state index in [0.29, 0.717) is 30.6 Å². The maximum atomic E-state index is 13.7. The summed E-state index contributed by atoms with van der Waals surface area (Å²) in [6.45, 7) is 5.66. The molecule has 1 saturated carbocycles. The smallest absolute Gasteiger partial charge is 0.257 e. The van der Waals surface area contributed by atoms with Crippen molar-refractivity contribution in [2.75, 3.05) is 25.0 Å². The van der Waals surface area contributed by atoms with Crippen molar-refractivity contribution in [3.05, 3.63) is 59.9 Å². The predicted molar refractivity (Wildman–Crippen MR) is 148 cm³/mol. The lowest BCUT2D eigenvalue weighted by molar-refractivity contribution is -0.0471. The number of hydrogen-bond donors (Lipinski definition) is 1. The van der Waals surface area contributed by atoms with Crippen LogP contribution >= 0.6 is 0 Å². The number of rotatable bonds is 8. The van der Waals surface area contributed by atoms with Crippen LogP contribution in [0.2, 0.25) is 0 Å². The minimum Gasteiger partial charge on any atom is -0.353 e. The molecule has 1 saturated heterocycles. The summed E-state index contributed by atoms with van der Waals surface area (Å²) in [4.78, 5) is 11.7. The van der Waals surface area contributed by atoms with Gasteiger partial charge < -0.3 is 19.3 Å². The van der Waals surface area contributed by atoms with Gasteiger partial charge in [-0.05, 0) is 74.8 Å². The molecule has 0 atom stereocenters. The van der Waals surface area contributed by atoms with Gasteiger partial charge >= 0.3 is 0 Å². The highest BCUT2D eigenvalue weighted by Crippen LogP contribution is 2.37. The van der Waals surface area contributed by atoms with Crippen LogP contribution in [0.1, 0.15) is 49.9 Å². The molecule has 1 aliphatic carbocycles. The number of likely N-dealkylation sites (tertiary alicyclic amines) is 1. The second kappa shape index (κ2) is 11.0. The number of nitrogens with one attached hydrogen (secondary N) is 1. The highest BCUT2D eigenvalue weighted by atomic mass is 19.3. The van der Waals surface area contributed by atoms with Gasteiger partial charge in [-0.15, -0.1) is 0 Å². The Morgan fingerprint density at radius 1 is 0.974 bits per heavy atom. The largest absolute Gasteiger partial charge is 0.353 e. The van der Waals surface area contributed by atoms with Crippen molar-refractivity contribution in [3.8, 4) is 11.5 Å². The van der Waals surface area contributed by atoms with E-state index in [0.717, 1.165) is 68.0 Å². The Labute approximate surface area is 227 Å². The van der Waals surface area contributed by atoms with E-state index in [1.165, 1.54) is 5.56 Å². The average molecular weight is 535 g/mol. The molecule has 7 nitrogen and oxygen atoms in total. The van der Waals surface area contributed by atoms with Crippen LogP contribution < -0.4 is 5.32 Å². The Bertz CT molecular complexity index is 1380. The summed E-state index contributed by atoms with van der Waals surface area (Å²) in [6.07, 6.45) is 4.22. The first-order valence-corrected chi connectivity index (χ1v) is 14.1. The topological polar surface area (TPSA) is 72.0 Å². The molecule has 0 spiro atoms. The fraction of sp³-hybridized carbons (Fsp3) is 0.500. The fourth-order valence-electron chi connectivity index (χ4n) is 5.91. The molecular formula is C30H36F2N6O. The molecule has 0 unspecified atom stereocenters. The SMILES string of the molecule is Cc1noc(-c2ccc(CCN3CCC(Nc4nc5ccccc5n4CC4CCC(F)(F)CC4)CC3)cc2)n1. The molecule has 2 aliphatic rings. The molecule has 2 fully saturated rings. The third kappa shape index (κ3) is 6.13. The number of fused-ring (bicyclic) bond motifs is 1. The predicted octanol–water partition coefficient (Wildman–Crippen LogP) is 6.34. The van der Waals surface area contributed by atoms with Crippen molar-refractivity contribution in [1.29, 1.82) is 0 Å².